The molecule has 2 heteroatoms. The van der Waals surface area contributed by atoms with Gasteiger partial charge in [0.2, 0.25) is 0 Å². The molecular weight excluding hydrogens is 136 g/mol. The zero-order chi connectivity index (χ0) is 9.28. The summed E-state index contributed by atoms with van der Waals surface area (Å²) in [4.78, 5) is 0. The van der Waals surface area contributed by atoms with Crippen molar-refractivity contribution in [2.45, 2.75) is 27.7 Å². The van der Waals surface area contributed by atoms with Crippen molar-refractivity contribution in [3.63, 3.8) is 0 Å². The minimum atomic E-state index is 1.26. The molecule has 0 saturated carbocycles. The Labute approximate surface area is 70.6 Å². The van der Waals surface area contributed by atoms with E-state index in [0.29, 0.717) is 0 Å². The summed E-state index contributed by atoms with van der Waals surface area (Å²) >= 11 is 0. The molecule has 0 aromatic carbocycles. The second kappa shape index (κ2) is 9.21. The molecule has 0 bridgehead atoms. The lowest BCUT2D eigenvalue weighted by molar-refractivity contribution is 0.440. The number of rotatable bonds is 2. The molecule has 2 nitrogen and oxygen atoms in total. The maximum Gasteiger partial charge on any atom is 0.0469 e. The molecule has 0 fully saturated rings. The molecule has 0 rings (SSSR count). The predicted molar refractivity (Wildman–Crippen MR) is 53.0 cm³/mol. The lowest BCUT2D eigenvalue weighted by Crippen LogP contribution is -2.00. The maximum absolute atomic E-state index is 4.00. The Morgan fingerprint density at radius 2 is 1.64 bits per heavy atom. The molecule has 0 heterocycles. The van der Waals surface area contributed by atoms with Crippen LogP contribution in [0.3, 0.4) is 0 Å². The highest BCUT2D eigenvalue weighted by molar-refractivity contribution is 5.71. The van der Waals surface area contributed by atoms with Crippen LogP contribution >= 0.6 is 0 Å². The number of nitrogens with zero attached hydrogens (tertiary/aromatic N) is 2. The summed E-state index contributed by atoms with van der Waals surface area (Å²) in [7, 11) is 3.80. The van der Waals surface area contributed by atoms with Crippen LogP contribution in [0.5, 0.6) is 0 Å². The van der Waals surface area contributed by atoms with E-state index in [2.05, 4.69) is 5.10 Å². The highest BCUT2D eigenvalue weighted by Gasteiger charge is 1.73. The van der Waals surface area contributed by atoms with Crippen LogP contribution in [0.15, 0.2) is 16.8 Å². The highest BCUT2D eigenvalue weighted by Crippen LogP contribution is 1.84. The molecule has 0 radical (unpaired) electrons. The molecule has 0 amide bonds. The van der Waals surface area contributed by atoms with Crippen molar-refractivity contribution in [3.8, 4) is 0 Å². The molecule has 0 aliphatic heterocycles. The summed E-state index contributed by atoms with van der Waals surface area (Å²) in [6, 6.07) is 0. The Kier molecular flexibility index (Phi) is 10.8. The van der Waals surface area contributed by atoms with E-state index in [0.717, 1.165) is 0 Å². The maximum atomic E-state index is 4.00. The van der Waals surface area contributed by atoms with Gasteiger partial charge in [0.25, 0.3) is 0 Å². The van der Waals surface area contributed by atoms with Crippen molar-refractivity contribution in [2.75, 3.05) is 14.1 Å². The molecule has 66 valence electrons. The molecule has 0 saturated heterocycles. The Morgan fingerprint density at radius 3 is 1.91 bits per heavy atom. The summed E-state index contributed by atoms with van der Waals surface area (Å²) in [6.07, 6.45) is 3.76. The Morgan fingerprint density at radius 1 is 1.18 bits per heavy atom. The van der Waals surface area contributed by atoms with Crippen molar-refractivity contribution in [1.82, 2.24) is 5.01 Å². The number of hydrogen-bond acceptors (Lipinski definition) is 2. The van der Waals surface area contributed by atoms with Crippen LogP contribution in [0.2, 0.25) is 0 Å². The van der Waals surface area contributed by atoms with Crippen LogP contribution < -0.4 is 0 Å². The third kappa shape index (κ3) is 17.6. The first kappa shape index (κ1) is 12.8. The van der Waals surface area contributed by atoms with Gasteiger partial charge in [0, 0.05) is 20.3 Å². The van der Waals surface area contributed by atoms with Crippen LogP contribution in [-0.2, 0) is 0 Å². The van der Waals surface area contributed by atoms with Crippen molar-refractivity contribution in [1.29, 1.82) is 0 Å². The van der Waals surface area contributed by atoms with Gasteiger partial charge in [-0.15, -0.1) is 0 Å². The van der Waals surface area contributed by atoms with E-state index >= 15 is 0 Å². The van der Waals surface area contributed by atoms with Crippen molar-refractivity contribution in [3.05, 3.63) is 11.6 Å². The summed E-state index contributed by atoms with van der Waals surface area (Å²) < 4.78 is 0. The summed E-state index contributed by atoms with van der Waals surface area (Å²) in [6.45, 7) is 8.09. The Bertz CT molecular complexity index is 120. The second-order valence-corrected chi connectivity index (χ2v) is 2.36. The fourth-order valence-electron chi connectivity index (χ4n) is 0.316. The zero-order valence-corrected chi connectivity index (χ0v) is 8.55. The first-order valence-corrected chi connectivity index (χ1v) is 3.97. The average molecular weight is 156 g/mol. The summed E-state index contributed by atoms with van der Waals surface area (Å²) in [5.74, 6) is 0. The van der Waals surface area contributed by atoms with Crippen LogP contribution in [0.25, 0.3) is 0 Å². The lowest BCUT2D eigenvalue weighted by atomic mass is 10.3. The van der Waals surface area contributed by atoms with Gasteiger partial charge in [-0.25, -0.2) is 0 Å². The molecule has 0 aliphatic carbocycles. The van der Waals surface area contributed by atoms with Gasteiger partial charge in [-0.1, -0.05) is 19.4 Å². The third-order valence-corrected chi connectivity index (χ3v) is 0.705. The summed E-state index contributed by atoms with van der Waals surface area (Å²) in [5.41, 5.74) is 1.26. The van der Waals surface area contributed by atoms with Gasteiger partial charge in [-0.05, 0) is 19.9 Å². The van der Waals surface area contributed by atoms with Crippen molar-refractivity contribution >= 4 is 6.21 Å². The van der Waals surface area contributed by atoms with Gasteiger partial charge < -0.3 is 5.01 Å². The van der Waals surface area contributed by atoms with E-state index in [1.165, 1.54) is 5.57 Å². The van der Waals surface area contributed by atoms with Crippen LogP contribution in [0.4, 0.5) is 0 Å². The van der Waals surface area contributed by atoms with Gasteiger partial charge >= 0.3 is 0 Å². The van der Waals surface area contributed by atoms with Crippen molar-refractivity contribution in [2.24, 2.45) is 5.10 Å². The average Bonchev–Trinajstić information content (AvgIpc) is 1.90. The van der Waals surface area contributed by atoms with Gasteiger partial charge in [0.15, 0.2) is 0 Å². The SMILES string of the molecule is CC.CC(C)=C/C=N\N(C)C. The van der Waals surface area contributed by atoms with E-state index in [4.69, 9.17) is 0 Å². The van der Waals surface area contributed by atoms with E-state index in [1.807, 2.05) is 47.9 Å². The highest BCUT2D eigenvalue weighted by atomic mass is 15.4. The molecule has 0 aliphatic rings. The molecule has 0 unspecified atom stereocenters. The predicted octanol–water partition coefficient (Wildman–Crippen LogP) is 2.53. The fraction of sp³-hybridized carbons (Fsp3) is 0.667. The zero-order valence-electron chi connectivity index (χ0n) is 8.55. The number of allylic oxidation sites excluding steroid dienone is 2. The molecule has 0 N–H and O–H groups in total. The topological polar surface area (TPSA) is 15.6 Å². The van der Waals surface area contributed by atoms with E-state index in [1.54, 1.807) is 11.2 Å². The largest absolute Gasteiger partial charge is 0.303 e. The van der Waals surface area contributed by atoms with Gasteiger partial charge in [0.1, 0.15) is 0 Å². The smallest absolute Gasteiger partial charge is 0.0469 e. The van der Waals surface area contributed by atoms with Crippen LogP contribution in [0.1, 0.15) is 27.7 Å². The first-order valence-electron chi connectivity index (χ1n) is 3.97. The minimum absolute atomic E-state index is 1.26. The van der Waals surface area contributed by atoms with E-state index in [9.17, 15) is 0 Å². The second-order valence-electron chi connectivity index (χ2n) is 2.36. The van der Waals surface area contributed by atoms with Crippen LogP contribution in [-0.4, -0.2) is 25.3 Å². The van der Waals surface area contributed by atoms with Crippen LogP contribution in [0, 0.1) is 0 Å². The number of hydrogen-bond donors (Lipinski definition) is 0. The fourth-order valence-corrected chi connectivity index (χ4v) is 0.316. The Hall–Kier alpha value is -0.790. The minimum Gasteiger partial charge on any atom is -0.303 e. The standard InChI is InChI=1S/C7H14N2.C2H6/c1-7(2)5-6-8-9(3)4;1-2/h5-6H,1-4H3;1-2H3/b8-6-;. The van der Waals surface area contributed by atoms with Crippen molar-refractivity contribution < 1.29 is 0 Å². The molecule has 0 atom stereocenters. The quantitative estimate of drug-likeness (QED) is 0.443. The third-order valence-electron chi connectivity index (χ3n) is 0.705. The lowest BCUT2D eigenvalue weighted by Gasteiger charge is -1.99. The van der Waals surface area contributed by atoms with E-state index in [-0.39, 0.29) is 0 Å². The van der Waals surface area contributed by atoms with Gasteiger partial charge in [-0.3, -0.25) is 0 Å². The monoisotopic (exact) mass is 156 g/mol. The Balaban J connectivity index is 0. The van der Waals surface area contributed by atoms with Gasteiger partial charge in [0.05, 0.1) is 0 Å². The molecule has 0 aromatic rings. The number of hydrazone groups is 1. The normalized spacial score (nSPS) is 8.55. The molecule has 0 spiro atoms. The van der Waals surface area contributed by atoms with Gasteiger partial charge in [-0.2, -0.15) is 5.10 Å². The van der Waals surface area contributed by atoms with E-state index < -0.39 is 0 Å². The molecule has 11 heavy (non-hydrogen) atoms. The summed E-state index contributed by atoms with van der Waals surface area (Å²) in [5, 5.41) is 5.76. The molecule has 0 aromatic heterocycles. The molecular formula is C9H20N2. The first-order chi connectivity index (χ1) is 5.13.